The molecule has 0 aliphatic carbocycles. The monoisotopic (exact) mass is 286 g/mol. The summed E-state index contributed by atoms with van der Waals surface area (Å²) < 4.78 is 7.15. The van der Waals surface area contributed by atoms with Crippen LogP contribution in [0.4, 0.5) is 0 Å². The van der Waals surface area contributed by atoms with Crippen molar-refractivity contribution in [2.45, 2.75) is 20.3 Å². The van der Waals surface area contributed by atoms with Crippen molar-refractivity contribution in [2.24, 2.45) is 7.05 Å². The summed E-state index contributed by atoms with van der Waals surface area (Å²) in [5, 5.41) is 2.97. The Bertz CT molecular complexity index is 627. The molecule has 1 aromatic heterocycles. The zero-order valence-corrected chi connectivity index (χ0v) is 13.1. The fourth-order valence-corrected chi connectivity index (χ4v) is 2.29. The number of methoxy groups -OCH3 is 1. The molecule has 2 aromatic rings. The second kappa shape index (κ2) is 6.48. The summed E-state index contributed by atoms with van der Waals surface area (Å²) in [4.78, 5) is 12.2. The number of carbonyl (C=O) groups is 1. The predicted octanol–water partition coefficient (Wildman–Crippen LogP) is 2.62. The van der Waals surface area contributed by atoms with Crippen LogP contribution in [0.2, 0.25) is 0 Å². The van der Waals surface area contributed by atoms with Crippen molar-refractivity contribution in [1.82, 2.24) is 9.88 Å². The number of aryl methyl sites for hydroxylation is 1. The first kappa shape index (κ1) is 15.2. The third kappa shape index (κ3) is 3.45. The van der Waals surface area contributed by atoms with Crippen molar-refractivity contribution in [2.75, 3.05) is 13.7 Å². The molecule has 0 bridgehead atoms. The first-order chi connectivity index (χ1) is 10.0. The molecule has 0 fully saturated rings. The summed E-state index contributed by atoms with van der Waals surface area (Å²) >= 11 is 0. The molecule has 0 saturated carbocycles. The predicted molar refractivity (Wildman–Crippen MR) is 83.9 cm³/mol. The topological polar surface area (TPSA) is 43.3 Å². The summed E-state index contributed by atoms with van der Waals surface area (Å²) in [5.74, 6) is 0.836. The van der Waals surface area contributed by atoms with Gasteiger partial charge in [0.15, 0.2) is 0 Å². The van der Waals surface area contributed by atoms with Gasteiger partial charge in [-0.1, -0.05) is 12.1 Å². The SMILES string of the molecule is COc1ccc(CCNC(=O)c2cc(C)n(C)c2C)cc1. The van der Waals surface area contributed by atoms with E-state index in [-0.39, 0.29) is 5.91 Å². The second-order valence-corrected chi connectivity index (χ2v) is 5.20. The van der Waals surface area contributed by atoms with Gasteiger partial charge < -0.3 is 14.6 Å². The molecule has 1 aromatic carbocycles. The molecule has 112 valence electrons. The number of amides is 1. The van der Waals surface area contributed by atoms with E-state index in [1.54, 1.807) is 7.11 Å². The lowest BCUT2D eigenvalue weighted by atomic mass is 10.1. The van der Waals surface area contributed by atoms with E-state index in [0.717, 1.165) is 29.1 Å². The Kier molecular flexibility index (Phi) is 4.68. The smallest absolute Gasteiger partial charge is 0.253 e. The highest BCUT2D eigenvalue weighted by molar-refractivity contribution is 5.95. The van der Waals surface area contributed by atoms with Crippen LogP contribution in [0.25, 0.3) is 0 Å². The molecule has 0 aliphatic rings. The van der Waals surface area contributed by atoms with Gasteiger partial charge in [-0.05, 0) is 44.0 Å². The van der Waals surface area contributed by atoms with Crippen molar-refractivity contribution >= 4 is 5.91 Å². The number of ether oxygens (including phenoxy) is 1. The van der Waals surface area contributed by atoms with Gasteiger partial charge in [-0.3, -0.25) is 4.79 Å². The second-order valence-electron chi connectivity index (χ2n) is 5.20. The molecule has 4 heteroatoms. The molecule has 0 atom stereocenters. The summed E-state index contributed by atoms with van der Waals surface area (Å²) in [6.07, 6.45) is 0.806. The average molecular weight is 286 g/mol. The van der Waals surface area contributed by atoms with Crippen molar-refractivity contribution < 1.29 is 9.53 Å². The van der Waals surface area contributed by atoms with Gasteiger partial charge in [0.2, 0.25) is 0 Å². The molecule has 0 radical (unpaired) electrons. The number of benzene rings is 1. The minimum atomic E-state index is -0.00953. The van der Waals surface area contributed by atoms with Gasteiger partial charge in [0.1, 0.15) is 5.75 Å². The van der Waals surface area contributed by atoms with E-state index in [9.17, 15) is 4.79 Å². The maximum atomic E-state index is 12.2. The normalized spacial score (nSPS) is 10.5. The number of nitrogens with one attached hydrogen (secondary N) is 1. The third-order valence-electron chi connectivity index (χ3n) is 3.88. The van der Waals surface area contributed by atoms with Crippen LogP contribution < -0.4 is 10.1 Å². The van der Waals surface area contributed by atoms with Crippen molar-refractivity contribution in [3.63, 3.8) is 0 Å². The number of carbonyl (C=O) groups excluding carboxylic acids is 1. The van der Waals surface area contributed by atoms with E-state index in [1.165, 1.54) is 5.56 Å². The van der Waals surface area contributed by atoms with Crippen LogP contribution in [0.15, 0.2) is 30.3 Å². The van der Waals surface area contributed by atoms with Gasteiger partial charge in [0.25, 0.3) is 5.91 Å². The van der Waals surface area contributed by atoms with Crippen molar-refractivity contribution in [3.8, 4) is 5.75 Å². The number of hydrogen-bond acceptors (Lipinski definition) is 2. The van der Waals surface area contributed by atoms with E-state index >= 15 is 0 Å². The van der Waals surface area contributed by atoms with Gasteiger partial charge >= 0.3 is 0 Å². The Morgan fingerprint density at radius 3 is 2.43 bits per heavy atom. The number of rotatable bonds is 5. The van der Waals surface area contributed by atoms with Gasteiger partial charge in [0, 0.05) is 25.0 Å². The fraction of sp³-hybridized carbons (Fsp3) is 0.353. The van der Waals surface area contributed by atoms with Gasteiger partial charge in [-0.25, -0.2) is 0 Å². The Labute approximate surface area is 125 Å². The minimum absolute atomic E-state index is 0.00953. The van der Waals surface area contributed by atoms with E-state index < -0.39 is 0 Å². The molecule has 0 spiro atoms. The van der Waals surface area contributed by atoms with Gasteiger partial charge in [-0.15, -0.1) is 0 Å². The molecule has 21 heavy (non-hydrogen) atoms. The summed E-state index contributed by atoms with van der Waals surface area (Å²) in [6.45, 7) is 4.59. The molecular weight excluding hydrogens is 264 g/mol. The minimum Gasteiger partial charge on any atom is -0.497 e. The highest BCUT2D eigenvalue weighted by Gasteiger charge is 2.13. The summed E-state index contributed by atoms with van der Waals surface area (Å²) in [6, 6.07) is 9.83. The molecule has 0 unspecified atom stereocenters. The quantitative estimate of drug-likeness (QED) is 0.918. The summed E-state index contributed by atoms with van der Waals surface area (Å²) in [7, 11) is 3.62. The zero-order chi connectivity index (χ0) is 15.4. The highest BCUT2D eigenvalue weighted by atomic mass is 16.5. The van der Waals surface area contributed by atoms with Crippen LogP contribution in [0, 0.1) is 13.8 Å². The van der Waals surface area contributed by atoms with E-state index in [0.29, 0.717) is 6.54 Å². The molecular formula is C17H22N2O2. The van der Waals surface area contributed by atoms with Gasteiger partial charge in [0.05, 0.1) is 12.7 Å². The van der Waals surface area contributed by atoms with Crippen LogP contribution in [0.1, 0.15) is 27.3 Å². The van der Waals surface area contributed by atoms with Crippen molar-refractivity contribution in [3.05, 3.63) is 52.8 Å². The molecule has 1 heterocycles. The van der Waals surface area contributed by atoms with Crippen LogP contribution in [-0.2, 0) is 13.5 Å². The lowest BCUT2D eigenvalue weighted by molar-refractivity contribution is 0.0953. The standard InChI is InChI=1S/C17H22N2O2/c1-12-11-16(13(2)19(12)3)17(20)18-10-9-14-5-7-15(21-4)8-6-14/h5-8,11H,9-10H2,1-4H3,(H,18,20). The average Bonchev–Trinajstić information content (AvgIpc) is 2.75. The first-order valence-electron chi connectivity index (χ1n) is 7.07. The fourth-order valence-electron chi connectivity index (χ4n) is 2.29. The molecule has 1 N–H and O–H groups in total. The Balaban J connectivity index is 1.90. The van der Waals surface area contributed by atoms with Crippen molar-refractivity contribution in [1.29, 1.82) is 0 Å². The zero-order valence-electron chi connectivity index (χ0n) is 13.1. The number of nitrogens with zero attached hydrogens (tertiary/aromatic N) is 1. The molecule has 4 nitrogen and oxygen atoms in total. The maximum Gasteiger partial charge on any atom is 0.253 e. The van der Waals surface area contributed by atoms with Gasteiger partial charge in [-0.2, -0.15) is 0 Å². The lowest BCUT2D eigenvalue weighted by Gasteiger charge is -2.06. The van der Waals surface area contributed by atoms with Crippen LogP contribution in [-0.4, -0.2) is 24.1 Å². The Hall–Kier alpha value is -2.23. The van der Waals surface area contributed by atoms with E-state index in [4.69, 9.17) is 4.74 Å². The van der Waals surface area contributed by atoms with E-state index in [2.05, 4.69) is 5.32 Å². The molecule has 0 saturated heterocycles. The molecule has 2 rings (SSSR count). The summed E-state index contributed by atoms with van der Waals surface area (Å²) in [5.41, 5.74) is 4.02. The highest BCUT2D eigenvalue weighted by Crippen LogP contribution is 2.13. The number of hydrogen-bond donors (Lipinski definition) is 1. The third-order valence-corrected chi connectivity index (χ3v) is 3.88. The van der Waals surface area contributed by atoms with E-state index in [1.807, 2.05) is 55.8 Å². The lowest BCUT2D eigenvalue weighted by Crippen LogP contribution is -2.26. The maximum absolute atomic E-state index is 12.2. The van der Waals surface area contributed by atoms with Crippen LogP contribution in [0.5, 0.6) is 5.75 Å². The number of aromatic nitrogens is 1. The van der Waals surface area contributed by atoms with Crippen LogP contribution in [0.3, 0.4) is 0 Å². The Morgan fingerprint density at radius 1 is 1.24 bits per heavy atom. The molecule has 1 amide bonds. The first-order valence-corrected chi connectivity index (χ1v) is 7.07. The Morgan fingerprint density at radius 2 is 1.90 bits per heavy atom. The largest absolute Gasteiger partial charge is 0.497 e. The molecule has 0 aliphatic heterocycles. The van der Waals surface area contributed by atoms with Crippen LogP contribution >= 0.6 is 0 Å².